The fourth-order valence-electron chi connectivity index (χ4n) is 3.41. The van der Waals surface area contributed by atoms with Gasteiger partial charge in [-0.25, -0.2) is 0 Å². The quantitative estimate of drug-likeness (QED) is 0.663. The molecule has 0 spiro atoms. The van der Waals surface area contributed by atoms with Gasteiger partial charge in [0, 0.05) is 30.2 Å². The van der Waals surface area contributed by atoms with Crippen LogP contribution in [0.3, 0.4) is 0 Å². The molecule has 2 N–H and O–H groups in total. The van der Waals surface area contributed by atoms with Gasteiger partial charge >= 0.3 is 0 Å². The SMILES string of the molecule is CC1CCN(c2ccc(NC(=O)c3ccc(Nc4ccccc4)nn3)cc2)CC1. The van der Waals surface area contributed by atoms with Crippen LogP contribution in [-0.4, -0.2) is 29.2 Å². The summed E-state index contributed by atoms with van der Waals surface area (Å²) in [5.41, 5.74) is 3.14. The molecular formula is C23H25N5O. The maximum absolute atomic E-state index is 12.5. The first-order chi connectivity index (χ1) is 14.2. The lowest BCUT2D eigenvalue weighted by Gasteiger charge is -2.32. The molecule has 0 bridgehead atoms. The van der Waals surface area contributed by atoms with Crippen LogP contribution in [0.25, 0.3) is 0 Å². The second kappa shape index (κ2) is 8.73. The summed E-state index contributed by atoms with van der Waals surface area (Å²) in [5, 5.41) is 14.2. The van der Waals surface area contributed by atoms with Crippen molar-refractivity contribution >= 4 is 28.8 Å². The molecule has 0 radical (unpaired) electrons. The van der Waals surface area contributed by atoms with E-state index in [2.05, 4.69) is 44.8 Å². The van der Waals surface area contributed by atoms with Crippen LogP contribution in [0.4, 0.5) is 22.9 Å². The number of hydrogen-bond donors (Lipinski definition) is 2. The molecule has 2 heterocycles. The van der Waals surface area contributed by atoms with Crippen LogP contribution in [0.1, 0.15) is 30.3 Å². The van der Waals surface area contributed by atoms with Gasteiger partial charge in [0.2, 0.25) is 0 Å². The molecule has 148 valence electrons. The van der Waals surface area contributed by atoms with Crippen LogP contribution < -0.4 is 15.5 Å². The highest BCUT2D eigenvalue weighted by atomic mass is 16.1. The first-order valence-electron chi connectivity index (χ1n) is 9.99. The molecule has 0 saturated carbocycles. The molecule has 0 aliphatic carbocycles. The Hall–Kier alpha value is -3.41. The number of rotatable bonds is 5. The summed E-state index contributed by atoms with van der Waals surface area (Å²) in [7, 11) is 0. The third-order valence-electron chi connectivity index (χ3n) is 5.22. The number of nitrogens with zero attached hydrogens (tertiary/aromatic N) is 3. The average molecular weight is 387 g/mol. The summed E-state index contributed by atoms with van der Waals surface area (Å²) in [6, 6.07) is 21.1. The number of benzene rings is 2. The highest BCUT2D eigenvalue weighted by molar-refractivity contribution is 6.02. The number of nitrogens with one attached hydrogen (secondary N) is 2. The van der Waals surface area contributed by atoms with E-state index in [4.69, 9.17) is 0 Å². The molecule has 1 aliphatic rings. The standard InChI is InChI=1S/C23H25N5O/c1-17-13-15-28(16-14-17)20-9-7-19(8-10-20)25-23(29)21-11-12-22(27-26-21)24-18-5-3-2-4-6-18/h2-12,17H,13-16H2,1H3,(H,24,27)(H,25,29). The van der Waals surface area contributed by atoms with Crippen molar-refractivity contribution < 1.29 is 4.79 Å². The minimum Gasteiger partial charge on any atom is -0.372 e. The Labute approximate surface area is 171 Å². The van der Waals surface area contributed by atoms with Gasteiger partial charge in [0.1, 0.15) is 0 Å². The highest BCUT2D eigenvalue weighted by Crippen LogP contribution is 2.24. The number of anilines is 4. The molecular weight excluding hydrogens is 362 g/mol. The van der Waals surface area contributed by atoms with E-state index < -0.39 is 0 Å². The van der Waals surface area contributed by atoms with Crippen LogP contribution in [0, 0.1) is 5.92 Å². The topological polar surface area (TPSA) is 70.2 Å². The lowest BCUT2D eigenvalue weighted by Crippen LogP contribution is -2.32. The fourth-order valence-corrected chi connectivity index (χ4v) is 3.41. The molecule has 1 saturated heterocycles. The number of amides is 1. The summed E-state index contributed by atoms with van der Waals surface area (Å²) in [6.45, 7) is 4.49. The summed E-state index contributed by atoms with van der Waals surface area (Å²) in [4.78, 5) is 14.9. The lowest BCUT2D eigenvalue weighted by molar-refractivity contribution is 0.102. The van der Waals surface area contributed by atoms with Gasteiger partial charge in [-0.2, -0.15) is 0 Å². The van der Waals surface area contributed by atoms with Crippen molar-refractivity contribution in [3.8, 4) is 0 Å². The van der Waals surface area contributed by atoms with Crippen molar-refractivity contribution in [3.63, 3.8) is 0 Å². The maximum atomic E-state index is 12.5. The Morgan fingerprint density at radius 1 is 0.897 bits per heavy atom. The van der Waals surface area contributed by atoms with Crippen LogP contribution in [-0.2, 0) is 0 Å². The summed E-state index contributed by atoms with van der Waals surface area (Å²) in [5.74, 6) is 1.12. The van der Waals surface area contributed by atoms with E-state index in [1.807, 2.05) is 42.5 Å². The Balaban J connectivity index is 1.35. The summed E-state index contributed by atoms with van der Waals surface area (Å²) in [6.07, 6.45) is 2.46. The number of para-hydroxylation sites is 1. The van der Waals surface area contributed by atoms with E-state index in [1.165, 1.54) is 18.5 Å². The molecule has 1 fully saturated rings. The first kappa shape index (κ1) is 18.9. The minimum absolute atomic E-state index is 0.275. The number of carbonyl (C=O) groups excluding carboxylic acids is 1. The van der Waals surface area contributed by atoms with E-state index in [1.54, 1.807) is 12.1 Å². The summed E-state index contributed by atoms with van der Waals surface area (Å²) < 4.78 is 0. The van der Waals surface area contributed by atoms with Gasteiger partial charge in [-0.05, 0) is 67.3 Å². The predicted octanol–water partition coefficient (Wildman–Crippen LogP) is 4.71. The normalized spacial score (nSPS) is 14.4. The van der Waals surface area contributed by atoms with E-state index in [-0.39, 0.29) is 11.6 Å². The fraction of sp³-hybridized carbons (Fsp3) is 0.261. The van der Waals surface area contributed by atoms with Crippen LogP contribution in [0.2, 0.25) is 0 Å². The van der Waals surface area contributed by atoms with E-state index in [0.717, 1.165) is 30.4 Å². The van der Waals surface area contributed by atoms with Crippen LogP contribution >= 0.6 is 0 Å². The van der Waals surface area contributed by atoms with Crippen molar-refractivity contribution in [1.82, 2.24) is 10.2 Å². The molecule has 1 amide bonds. The number of hydrogen-bond acceptors (Lipinski definition) is 5. The Kier molecular flexibility index (Phi) is 5.70. The van der Waals surface area contributed by atoms with E-state index in [0.29, 0.717) is 5.82 Å². The van der Waals surface area contributed by atoms with Crippen LogP contribution in [0.5, 0.6) is 0 Å². The zero-order chi connectivity index (χ0) is 20.1. The van der Waals surface area contributed by atoms with Crippen LogP contribution in [0.15, 0.2) is 66.7 Å². The largest absolute Gasteiger partial charge is 0.372 e. The van der Waals surface area contributed by atoms with Gasteiger partial charge in [-0.15, -0.1) is 10.2 Å². The minimum atomic E-state index is -0.275. The predicted molar refractivity (Wildman–Crippen MR) is 117 cm³/mol. The molecule has 2 aromatic carbocycles. The van der Waals surface area contributed by atoms with Gasteiger partial charge in [0.25, 0.3) is 5.91 Å². The summed E-state index contributed by atoms with van der Waals surface area (Å²) >= 11 is 0. The maximum Gasteiger partial charge on any atom is 0.276 e. The lowest BCUT2D eigenvalue weighted by atomic mass is 9.99. The molecule has 3 aromatic rings. The van der Waals surface area contributed by atoms with Crippen molar-refractivity contribution in [2.24, 2.45) is 5.92 Å². The molecule has 0 unspecified atom stereocenters. The number of aromatic nitrogens is 2. The van der Waals surface area contributed by atoms with Gasteiger partial charge in [0.15, 0.2) is 11.5 Å². The third kappa shape index (κ3) is 4.90. The zero-order valence-corrected chi connectivity index (χ0v) is 16.5. The second-order valence-electron chi connectivity index (χ2n) is 7.47. The average Bonchev–Trinajstić information content (AvgIpc) is 2.76. The second-order valence-corrected chi connectivity index (χ2v) is 7.47. The van der Waals surface area contributed by atoms with E-state index in [9.17, 15) is 4.79 Å². The van der Waals surface area contributed by atoms with Crippen molar-refractivity contribution in [2.45, 2.75) is 19.8 Å². The Morgan fingerprint density at radius 3 is 2.28 bits per heavy atom. The van der Waals surface area contributed by atoms with E-state index >= 15 is 0 Å². The number of piperidine rings is 1. The zero-order valence-electron chi connectivity index (χ0n) is 16.5. The molecule has 0 atom stereocenters. The van der Waals surface area contributed by atoms with Gasteiger partial charge in [-0.3, -0.25) is 4.79 Å². The Morgan fingerprint density at radius 2 is 1.62 bits per heavy atom. The van der Waals surface area contributed by atoms with Gasteiger partial charge in [0.05, 0.1) is 0 Å². The van der Waals surface area contributed by atoms with Crippen molar-refractivity contribution in [2.75, 3.05) is 28.6 Å². The third-order valence-corrected chi connectivity index (χ3v) is 5.22. The molecule has 6 nitrogen and oxygen atoms in total. The molecule has 4 rings (SSSR count). The monoisotopic (exact) mass is 387 g/mol. The number of carbonyl (C=O) groups is 1. The Bertz CT molecular complexity index is 933. The van der Waals surface area contributed by atoms with Gasteiger partial charge in [-0.1, -0.05) is 25.1 Å². The molecule has 6 heteroatoms. The van der Waals surface area contributed by atoms with Crippen molar-refractivity contribution in [3.05, 3.63) is 72.4 Å². The molecule has 29 heavy (non-hydrogen) atoms. The van der Waals surface area contributed by atoms with Crippen molar-refractivity contribution in [1.29, 1.82) is 0 Å². The van der Waals surface area contributed by atoms with Gasteiger partial charge < -0.3 is 15.5 Å². The first-order valence-corrected chi connectivity index (χ1v) is 9.99. The highest BCUT2D eigenvalue weighted by Gasteiger charge is 2.16. The molecule has 1 aromatic heterocycles. The smallest absolute Gasteiger partial charge is 0.276 e. The molecule has 1 aliphatic heterocycles.